The summed E-state index contributed by atoms with van der Waals surface area (Å²) >= 11 is 0. The molecular formula is C9H10F3N3O. The first-order valence-electron chi connectivity index (χ1n) is 4.83. The third-order valence-corrected chi connectivity index (χ3v) is 2.29. The number of rotatable bonds is 1. The number of fused-ring (bicyclic) bond motifs is 1. The molecule has 0 unspecified atom stereocenters. The number of carbonyl (C=O) groups is 1. The maximum absolute atomic E-state index is 12.1. The molecule has 0 aromatic carbocycles. The first kappa shape index (κ1) is 11.0. The molecule has 0 saturated heterocycles. The number of nitrogens with one attached hydrogen (secondary N) is 1. The van der Waals surface area contributed by atoms with E-state index in [0.29, 0.717) is 18.7 Å². The van der Waals surface area contributed by atoms with Crippen LogP contribution in [0.15, 0.2) is 6.07 Å². The number of halogens is 3. The maximum atomic E-state index is 12.1. The third kappa shape index (κ3) is 2.53. The van der Waals surface area contributed by atoms with Crippen LogP contribution >= 0.6 is 0 Å². The molecular weight excluding hydrogens is 223 g/mol. The van der Waals surface area contributed by atoms with E-state index in [-0.39, 0.29) is 18.1 Å². The summed E-state index contributed by atoms with van der Waals surface area (Å²) in [6.07, 6.45) is -4.80. The quantitative estimate of drug-likeness (QED) is 0.774. The van der Waals surface area contributed by atoms with Gasteiger partial charge in [0.25, 0.3) is 0 Å². The summed E-state index contributed by atoms with van der Waals surface area (Å²) in [5.41, 5.74) is 0.634. The number of hydrogen-bond acceptors (Lipinski definition) is 2. The van der Waals surface area contributed by atoms with E-state index in [9.17, 15) is 18.0 Å². The zero-order valence-corrected chi connectivity index (χ0v) is 8.34. The zero-order valence-electron chi connectivity index (χ0n) is 8.34. The average molecular weight is 233 g/mol. The molecule has 1 aliphatic heterocycles. The van der Waals surface area contributed by atoms with Crippen LogP contribution in [0.25, 0.3) is 0 Å². The summed E-state index contributed by atoms with van der Waals surface area (Å²) in [5, 5.41) is 6.41. The van der Waals surface area contributed by atoms with Crippen molar-refractivity contribution >= 4 is 5.91 Å². The first-order chi connectivity index (χ1) is 7.44. The zero-order chi connectivity index (χ0) is 11.8. The monoisotopic (exact) mass is 233 g/mol. The Morgan fingerprint density at radius 2 is 2.25 bits per heavy atom. The van der Waals surface area contributed by atoms with Crippen molar-refractivity contribution in [1.29, 1.82) is 0 Å². The molecule has 0 fully saturated rings. The minimum atomic E-state index is -4.26. The molecule has 0 spiro atoms. The highest BCUT2D eigenvalue weighted by molar-refractivity contribution is 5.76. The van der Waals surface area contributed by atoms with Crippen molar-refractivity contribution in [2.45, 2.75) is 25.6 Å². The van der Waals surface area contributed by atoms with Crippen LogP contribution in [0.3, 0.4) is 0 Å². The number of hydrogen-bond donors (Lipinski definition) is 1. The van der Waals surface area contributed by atoms with Crippen molar-refractivity contribution in [3.8, 4) is 0 Å². The lowest BCUT2D eigenvalue weighted by atomic mass is 10.2. The van der Waals surface area contributed by atoms with Gasteiger partial charge in [-0.25, -0.2) is 0 Å². The van der Waals surface area contributed by atoms with Crippen LogP contribution in [-0.4, -0.2) is 28.4 Å². The molecule has 0 atom stereocenters. The average Bonchev–Trinajstić information content (AvgIpc) is 2.36. The molecule has 0 bridgehead atoms. The number of nitrogens with zero attached hydrogens (tertiary/aromatic N) is 2. The van der Waals surface area contributed by atoms with E-state index in [4.69, 9.17) is 0 Å². The fourth-order valence-electron chi connectivity index (χ4n) is 1.67. The molecule has 4 nitrogen and oxygen atoms in total. The van der Waals surface area contributed by atoms with Gasteiger partial charge in [0.05, 0.1) is 12.1 Å². The Morgan fingerprint density at radius 3 is 2.94 bits per heavy atom. The van der Waals surface area contributed by atoms with Crippen molar-refractivity contribution in [1.82, 2.24) is 15.1 Å². The maximum Gasteiger partial charge on any atom is 0.394 e. The van der Waals surface area contributed by atoms with Gasteiger partial charge in [-0.2, -0.15) is 18.3 Å². The van der Waals surface area contributed by atoms with Gasteiger partial charge in [-0.3, -0.25) is 9.48 Å². The van der Waals surface area contributed by atoms with Crippen molar-refractivity contribution < 1.29 is 18.0 Å². The van der Waals surface area contributed by atoms with Crippen LogP contribution < -0.4 is 5.32 Å². The molecule has 1 aromatic heterocycles. The van der Waals surface area contributed by atoms with Gasteiger partial charge in [-0.1, -0.05) is 0 Å². The summed E-state index contributed by atoms with van der Waals surface area (Å²) < 4.78 is 37.7. The van der Waals surface area contributed by atoms with E-state index in [0.717, 1.165) is 0 Å². The van der Waals surface area contributed by atoms with E-state index in [1.807, 2.05) is 0 Å². The molecule has 88 valence electrons. The van der Waals surface area contributed by atoms with Crippen molar-refractivity contribution in [3.05, 3.63) is 17.5 Å². The van der Waals surface area contributed by atoms with Gasteiger partial charge in [0.2, 0.25) is 5.91 Å². The molecule has 2 heterocycles. The smallest absolute Gasteiger partial charge is 0.354 e. The minimum Gasteiger partial charge on any atom is -0.354 e. The lowest BCUT2D eigenvalue weighted by molar-refractivity contribution is -0.127. The standard InChI is InChI=1S/C9H10F3N3O/c10-9(11,12)4-6-3-7-1-2-13-8(16)5-15(7)14-6/h3H,1-2,4-5H2,(H,13,16). The Hall–Kier alpha value is -1.53. The number of aromatic nitrogens is 2. The van der Waals surface area contributed by atoms with Gasteiger partial charge in [0, 0.05) is 18.7 Å². The Balaban J connectivity index is 2.20. The second-order valence-electron chi connectivity index (χ2n) is 3.68. The molecule has 0 saturated carbocycles. The molecule has 16 heavy (non-hydrogen) atoms. The highest BCUT2D eigenvalue weighted by atomic mass is 19.4. The fourth-order valence-corrected chi connectivity index (χ4v) is 1.67. The third-order valence-electron chi connectivity index (χ3n) is 2.29. The van der Waals surface area contributed by atoms with Gasteiger partial charge < -0.3 is 5.32 Å². The molecule has 1 N–H and O–H groups in total. The van der Waals surface area contributed by atoms with Gasteiger partial charge in [-0.05, 0) is 6.07 Å². The minimum absolute atomic E-state index is 0.00676. The number of amides is 1. The Bertz CT molecular complexity index is 411. The van der Waals surface area contributed by atoms with Crippen LogP contribution in [0.4, 0.5) is 13.2 Å². The molecule has 7 heteroatoms. The van der Waals surface area contributed by atoms with E-state index in [1.54, 1.807) is 0 Å². The predicted molar refractivity (Wildman–Crippen MR) is 48.7 cm³/mol. The molecule has 0 radical (unpaired) electrons. The highest BCUT2D eigenvalue weighted by Crippen LogP contribution is 2.21. The summed E-state index contributed by atoms with van der Waals surface area (Å²) in [6, 6.07) is 1.41. The highest BCUT2D eigenvalue weighted by Gasteiger charge is 2.30. The van der Waals surface area contributed by atoms with Crippen LogP contribution in [-0.2, 0) is 24.2 Å². The van der Waals surface area contributed by atoms with E-state index >= 15 is 0 Å². The van der Waals surface area contributed by atoms with E-state index in [2.05, 4.69) is 10.4 Å². The molecule has 1 aliphatic rings. The van der Waals surface area contributed by atoms with Crippen molar-refractivity contribution in [2.75, 3.05) is 6.54 Å². The SMILES string of the molecule is O=C1Cn2nc(CC(F)(F)F)cc2CCN1. The summed E-state index contributed by atoms with van der Waals surface area (Å²) in [4.78, 5) is 11.1. The van der Waals surface area contributed by atoms with Gasteiger partial charge in [0.15, 0.2) is 0 Å². The molecule has 1 aromatic rings. The lowest BCUT2D eigenvalue weighted by Crippen LogP contribution is -2.26. The van der Waals surface area contributed by atoms with Gasteiger partial charge in [0.1, 0.15) is 6.54 Å². The van der Waals surface area contributed by atoms with Crippen LogP contribution in [0.5, 0.6) is 0 Å². The first-order valence-corrected chi connectivity index (χ1v) is 4.83. The van der Waals surface area contributed by atoms with E-state index < -0.39 is 12.6 Å². The second-order valence-corrected chi connectivity index (χ2v) is 3.68. The number of carbonyl (C=O) groups excluding carboxylic acids is 1. The second kappa shape index (κ2) is 3.80. The normalized spacial score (nSPS) is 16.6. The Morgan fingerprint density at radius 1 is 1.50 bits per heavy atom. The van der Waals surface area contributed by atoms with Crippen molar-refractivity contribution in [3.63, 3.8) is 0 Å². The molecule has 0 aliphatic carbocycles. The van der Waals surface area contributed by atoms with Gasteiger partial charge >= 0.3 is 6.18 Å². The summed E-state index contributed by atoms with van der Waals surface area (Å²) in [7, 11) is 0. The van der Waals surface area contributed by atoms with E-state index in [1.165, 1.54) is 10.7 Å². The Labute approximate surface area is 89.4 Å². The number of alkyl halides is 3. The largest absolute Gasteiger partial charge is 0.394 e. The van der Waals surface area contributed by atoms with Crippen LogP contribution in [0.2, 0.25) is 0 Å². The predicted octanol–water partition coefficient (Wildman–Crippen LogP) is 0.660. The van der Waals surface area contributed by atoms with Crippen molar-refractivity contribution in [2.24, 2.45) is 0 Å². The topological polar surface area (TPSA) is 46.9 Å². The lowest BCUT2D eigenvalue weighted by Gasteiger charge is -2.02. The Kier molecular flexibility index (Phi) is 2.61. The fraction of sp³-hybridized carbons (Fsp3) is 0.556. The molecule has 2 rings (SSSR count). The van der Waals surface area contributed by atoms with Crippen LogP contribution in [0, 0.1) is 0 Å². The summed E-state index contributed by atoms with van der Waals surface area (Å²) in [5.74, 6) is -0.222. The summed E-state index contributed by atoms with van der Waals surface area (Å²) in [6.45, 7) is 0.434. The van der Waals surface area contributed by atoms with Crippen LogP contribution in [0.1, 0.15) is 11.4 Å². The van der Waals surface area contributed by atoms with Gasteiger partial charge in [-0.15, -0.1) is 0 Å². The molecule has 1 amide bonds.